The van der Waals surface area contributed by atoms with Crippen molar-refractivity contribution in [2.24, 2.45) is 4.99 Å². The molecule has 2 heterocycles. The maximum atomic E-state index is 15.3. The largest absolute Gasteiger partial charge is 0.0683 e. The van der Waals surface area contributed by atoms with E-state index in [4.69, 9.17) is 4.99 Å². The standard InChI is InChI=1S/C31H37BFN3O3.C2H6/c1-7-10-15-36(21(5)8-2)30(37)28-19-24(9-3)35(6)29(34-28)16-20(4)25-12-11-22(18-27(25)33)23-13-14-32-26(17-23)31(38)39;1-2/h11-14,16-19,21H,4,7-10,15H2,1-3,5-6H3,(H,38,39);1-2H3/b29-16-;. The van der Waals surface area contributed by atoms with Crippen molar-refractivity contribution >= 4 is 30.1 Å². The van der Waals surface area contributed by atoms with Crippen molar-refractivity contribution in [2.75, 3.05) is 13.6 Å². The van der Waals surface area contributed by atoms with Gasteiger partial charge in [0.1, 0.15) is 0 Å². The first kappa shape index (κ1) is 33.4. The van der Waals surface area contributed by atoms with Crippen LogP contribution in [0.2, 0.25) is 0 Å². The Bertz CT molecular complexity index is 1350. The number of nitrogens with zero attached hydrogens (tertiary/aromatic N) is 3. The molecule has 1 aromatic carbocycles. The number of carbonyl (C=O) groups is 2. The number of hydrogen-bond acceptors (Lipinski definition) is 4. The van der Waals surface area contributed by atoms with Gasteiger partial charge in [0.25, 0.3) is 5.91 Å². The van der Waals surface area contributed by atoms with E-state index in [1.165, 1.54) is 19.0 Å². The zero-order chi connectivity index (χ0) is 30.7. The van der Waals surface area contributed by atoms with Gasteiger partial charge in [-0.25, -0.2) is 0 Å². The van der Waals surface area contributed by atoms with Crippen LogP contribution in [0.4, 0.5) is 4.39 Å². The molecule has 2 aromatic rings. The third kappa shape index (κ3) is 8.35. The molecule has 6 nitrogen and oxygen atoms in total. The number of hydrogen-bond donors (Lipinski definition) is 1. The van der Waals surface area contributed by atoms with E-state index in [0.717, 1.165) is 25.0 Å². The number of carboxylic acid groups (broad SMARTS) is 1. The number of benzene rings is 1. The molecule has 41 heavy (non-hydrogen) atoms. The van der Waals surface area contributed by atoms with Gasteiger partial charge in [-0.15, -0.1) is 0 Å². The Kier molecular flexibility index (Phi) is 12.9. The maximum Gasteiger partial charge on any atom is -0.0683 e. The van der Waals surface area contributed by atoms with E-state index in [0.29, 0.717) is 46.8 Å². The normalized spacial score (nSPS) is 14.3. The number of amides is 1. The average molecular weight is 560 g/mol. The Hall–Kier alpha value is -3.81. The first-order valence-corrected chi connectivity index (χ1v) is 14.5. The van der Waals surface area contributed by atoms with Crippen LogP contribution in [-0.2, 0) is 4.79 Å². The van der Waals surface area contributed by atoms with Gasteiger partial charge in [-0.1, -0.05) is 41.0 Å². The number of unbranched alkanes of at least 4 members (excludes halogenated alkanes) is 1. The molecule has 1 unspecified atom stereocenters. The molecule has 0 saturated carbocycles. The Morgan fingerprint density at radius 2 is 1.85 bits per heavy atom. The van der Waals surface area contributed by atoms with E-state index in [2.05, 4.69) is 27.4 Å². The van der Waals surface area contributed by atoms with Gasteiger partial charge >= 0.3 is 144 Å². The van der Waals surface area contributed by atoms with Crippen LogP contribution < -0.4 is 0 Å². The van der Waals surface area contributed by atoms with Gasteiger partial charge in [-0.05, 0) is 32.3 Å². The summed E-state index contributed by atoms with van der Waals surface area (Å²) in [4.78, 5) is 33.3. The molecule has 1 atom stereocenters. The number of allylic oxidation sites excluding steroid dienone is 3. The monoisotopic (exact) mass is 559 g/mol. The fraction of sp³-hybridized carbons (Fsp3) is 0.394. The second kappa shape index (κ2) is 15.8. The van der Waals surface area contributed by atoms with Gasteiger partial charge in [0.2, 0.25) is 0 Å². The maximum absolute atomic E-state index is 15.3. The molecule has 1 aliphatic heterocycles. The van der Waals surface area contributed by atoms with Gasteiger partial charge in [0.05, 0.1) is 0 Å². The zero-order valence-electron chi connectivity index (χ0n) is 25.5. The van der Waals surface area contributed by atoms with Crippen molar-refractivity contribution in [3.05, 3.63) is 83.4 Å². The van der Waals surface area contributed by atoms with Crippen molar-refractivity contribution in [3.63, 3.8) is 0 Å². The van der Waals surface area contributed by atoms with Crippen LogP contribution in [0.3, 0.4) is 0 Å². The topological polar surface area (TPSA) is 73.2 Å². The molecule has 0 saturated heterocycles. The Morgan fingerprint density at radius 1 is 1.17 bits per heavy atom. The molecule has 0 bridgehead atoms. The van der Waals surface area contributed by atoms with Crippen LogP contribution in [0.15, 0.2) is 71.5 Å². The molecule has 8 heteroatoms. The van der Waals surface area contributed by atoms with E-state index in [-0.39, 0.29) is 17.4 Å². The molecule has 3 rings (SSSR count). The third-order valence-corrected chi connectivity index (χ3v) is 7.09. The van der Waals surface area contributed by atoms with Crippen LogP contribution >= 0.6 is 0 Å². The molecule has 1 aliphatic rings. The molecular weight excluding hydrogens is 516 g/mol. The van der Waals surface area contributed by atoms with Crippen molar-refractivity contribution in [1.29, 1.82) is 0 Å². The van der Waals surface area contributed by atoms with Gasteiger partial charge < -0.3 is 4.90 Å². The SMILES string of the molecule is C=C(/C=C1/N=C(C(=O)N(CCCC)C(C)CC)C=C(CC)N1C)c1ccc(-c2ccbc(C(=O)O)c2)cc1F.CC. The van der Waals surface area contributed by atoms with Gasteiger partial charge in [-0.3, -0.25) is 4.79 Å². The Morgan fingerprint density at radius 3 is 2.44 bits per heavy atom. The van der Waals surface area contributed by atoms with Crippen LogP contribution in [0.25, 0.3) is 16.7 Å². The van der Waals surface area contributed by atoms with Crippen molar-refractivity contribution in [3.8, 4) is 11.1 Å². The van der Waals surface area contributed by atoms with E-state index in [9.17, 15) is 14.7 Å². The Balaban J connectivity index is 0.00000287. The first-order chi connectivity index (χ1) is 19.6. The van der Waals surface area contributed by atoms with Crippen molar-refractivity contribution in [1.82, 2.24) is 9.80 Å². The summed E-state index contributed by atoms with van der Waals surface area (Å²) < 4.78 is 15.3. The summed E-state index contributed by atoms with van der Waals surface area (Å²) in [6.45, 7) is 18.5. The third-order valence-electron chi connectivity index (χ3n) is 7.09. The van der Waals surface area contributed by atoms with Crippen molar-refractivity contribution < 1.29 is 19.1 Å². The van der Waals surface area contributed by atoms with Gasteiger partial charge in [-0.2, -0.15) is 0 Å². The molecule has 1 aromatic heterocycles. The minimum absolute atomic E-state index is 0.0936. The van der Waals surface area contributed by atoms with Gasteiger partial charge in [0, 0.05) is 12.6 Å². The zero-order valence-corrected chi connectivity index (χ0v) is 25.5. The molecule has 0 aliphatic carbocycles. The minimum atomic E-state index is -1.04. The Labute approximate surface area is 245 Å². The predicted molar refractivity (Wildman–Crippen MR) is 169 cm³/mol. The molecule has 0 fully saturated rings. The fourth-order valence-electron chi connectivity index (χ4n) is 4.45. The number of halogens is 1. The van der Waals surface area contributed by atoms with E-state index < -0.39 is 11.8 Å². The molecule has 1 amide bonds. The predicted octanol–water partition coefficient (Wildman–Crippen LogP) is 7.52. The first-order valence-electron chi connectivity index (χ1n) is 14.5. The molecule has 218 valence electrons. The van der Waals surface area contributed by atoms with Crippen LogP contribution in [-0.4, -0.2) is 59.0 Å². The summed E-state index contributed by atoms with van der Waals surface area (Å²) in [6, 6.07) is 8.08. The second-order valence-corrected chi connectivity index (χ2v) is 9.76. The van der Waals surface area contributed by atoms with Crippen LogP contribution in [0, 0.1) is 5.82 Å². The molecule has 0 spiro atoms. The summed E-state index contributed by atoms with van der Waals surface area (Å²) in [5.74, 6) is 0.518. The summed E-state index contributed by atoms with van der Waals surface area (Å²) in [5.41, 5.74) is 3.32. The second-order valence-electron chi connectivity index (χ2n) is 9.76. The van der Waals surface area contributed by atoms with E-state index in [1.807, 2.05) is 43.7 Å². The van der Waals surface area contributed by atoms with Crippen LogP contribution in [0.5, 0.6) is 0 Å². The van der Waals surface area contributed by atoms with E-state index >= 15 is 4.39 Å². The average Bonchev–Trinajstić information content (AvgIpc) is 2.98. The molecule has 0 radical (unpaired) electrons. The number of rotatable bonds is 11. The summed E-state index contributed by atoms with van der Waals surface area (Å²) in [6.07, 6.45) is 6.99. The number of carboxylic acids is 1. The van der Waals surface area contributed by atoms with Gasteiger partial charge in [0.15, 0.2) is 0 Å². The van der Waals surface area contributed by atoms with Crippen LogP contribution in [0.1, 0.15) is 83.0 Å². The number of aliphatic imine (C=N–C) groups is 1. The fourth-order valence-corrected chi connectivity index (χ4v) is 4.45. The summed E-state index contributed by atoms with van der Waals surface area (Å²) in [5, 5.41) is 9.27. The molecule has 1 N–H and O–H groups in total. The number of carbonyl (C=O) groups excluding carboxylic acids is 1. The van der Waals surface area contributed by atoms with E-state index in [1.54, 1.807) is 30.2 Å². The summed E-state index contributed by atoms with van der Waals surface area (Å²) in [7, 11) is 1.87. The minimum Gasteiger partial charge on any atom is -0.0683 e. The molecular formula is C33H43BFN3O3. The smallest absolute Gasteiger partial charge is 0.0683 e. The number of aromatic carboxylic acids is 1. The summed E-state index contributed by atoms with van der Waals surface area (Å²) >= 11 is 0. The van der Waals surface area contributed by atoms with Crippen molar-refractivity contribution in [2.45, 2.75) is 73.3 Å². The quantitative estimate of drug-likeness (QED) is 0.309.